The second kappa shape index (κ2) is 10.2. The molecule has 2 amide bonds. The molecular formula is C22H24Cl4N2O2. The van der Waals surface area contributed by atoms with Gasteiger partial charge in [-0.25, -0.2) is 0 Å². The van der Waals surface area contributed by atoms with Crippen molar-refractivity contribution in [3.63, 3.8) is 0 Å². The normalized spacial score (nSPS) is 12.4. The van der Waals surface area contributed by atoms with Gasteiger partial charge in [0.05, 0.1) is 26.5 Å². The maximum Gasteiger partial charge on any atom is 0.242 e. The van der Waals surface area contributed by atoms with Gasteiger partial charge in [0, 0.05) is 12.1 Å². The molecule has 8 heteroatoms. The SMILES string of the molecule is C[C@@H](C(=O)NC(C)(C)C)N(Cc1ccc(Cl)c(Cl)c1)C(=O)Cc1ccc(Cl)c(Cl)c1. The van der Waals surface area contributed by atoms with Gasteiger partial charge in [-0.15, -0.1) is 0 Å². The van der Waals surface area contributed by atoms with Gasteiger partial charge in [0.15, 0.2) is 0 Å². The number of halogens is 4. The minimum absolute atomic E-state index is 0.0748. The van der Waals surface area contributed by atoms with Gasteiger partial charge in [-0.05, 0) is 63.1 Å². The van der Waals surface area contributed by atoms with Crippen LogP contribution in [0.2, 0.25) is 20.1 Å². The zero-order valence-corrected chi connectivity index (χ0v) is 20.3. The third-order valence-electron chi connectivity index (χ3n) is 4.34. The molecule has 1 N–H and O–H groups in total. The van der Waals surface area contributed by atoms with Crippen molar-refractivity contribution in [1.82, 2.24) is 10.2 Å². The lowest BCUT2D eigenvalue weighted by Gasteiger charge is -2.31. The smallest absolute Gasteiger partial charge is 0.242 e. The Morgan fingerprint density at radius 3 is 1.90 bits per heavy atom. The third-order valence-corrected chi connectivity index (χ3v) is 5.82. The van der Waals surface area contributed by atoms with Crippen LogP contribution < -0.4 is 5.32 Å². The van der Waals surface area contributed by atoms with Gasteiger partial charge in [-0.3, -0.25) is 9.59 Å². The lowest BCUT2D eigenvalue weighted by molar-refractivity contribution is -0.140. The second-order valence-electron chi connectivity index (χ2n) is 8.11. The fourth-order valence-electron chi connectivity index (χ4n) is 2.82. The highest BCUT2D eigenvalue weighted by Crippen LogP contribution is 2.25. The molecule has 0 aliphatic heterocycles. The Morgan fingerprint density at radius 2 is 1.40 bits per heavy atom. The van der Waals surface area contributed by atoms with Crippen LogP contribution in [0.25, 0.3) is 0 Å². The van der Waals surface area contributed by atoms with E-state index in [4.69, 9.17) is 46.4 Å². The van der Waals surface area contributed by atoms with E-state index in [9.17, 15) is 9.59 Å². The van der Waals surface area contributed by atoms with E-state index in [0.29, 0.717) is 25.7 Å². The number of rotatable bonds is 6. The summed E-state index contributed by atoms with van der Waals surface area (Å²) in [5.41, 5.74) is 1.05. The molecule has 0 saturated carbocycles. The molecule has 30 heavy (non-hydrogen) atoms. The molecule has 0 radical (unpaired) electrons. The Hall–Kier alpha value is -1.46. The fourth-order valence-corrected chi connectivity index (χ4v) is 3.46. The number of hydrogen-bond acceptors (Lipinski definition) is 2. The molecule has 0 aliphatic carbocycles. The molecule has 0 spiro atoms. The van der Waals surface area contributed by atoms with E-state index in [1.807, 2.05) is 20.8 Å². The zero-order valence-electron chi connectivity index (χ0n) is 17.2. The molecule has 1 atom stereocenters. The summed E-state index contributed by atoms with van der Waals surface area (Å²) in [4.78, 5) is 27.5. The summed E-state index contributed by atoms with van der Waals surface area (Å²) in [6.07, 6.45) is 0.0748. The monoisotopic (exact) mass is 488 g/mol. The molecule has 162 valence electrons. The Bertz CT molecular complexity index is 941. The molecule has 0 unspecified atom stereocenters. The van der Waals surface area contributed by atoms with E-state index in [2.05, 4.69) is 5.32 Å². The highest BCUT2D eigenvalue weighted by molar-refractivity contribution is 6.42. The van der Waals surface area contributed by atoms with Crippen molar-refractivity contribution in [2.24, 2.45) is 0 Å². The van der Waals surface area contributed by atoms with Crippen LogP contribution in [0.1, 0.15) is 38.8 Å². The fraction of sp³-hybridized carbons (Fsp3) is 0.364. The van der Waals surface area contributed by atoms with Gasteiger partial charge in [0.25, 0.3) is 0 Å². The standard InChI is InChI=1S/C22H24Cl4N2O2/c1-13(21(30)27-22(2,3)4)28(12-15-6-8-17(24)19(26)10-15)20(29)11-14-5-7-16(23)18(25)9-14/h5-10,13H,11-12H2,1-4H3,(H,27,30)/t13-/m0/s1. The predicted octanol–water partition coefficient (Wildman–Crippen LogP) is 6.17. The van der Waals surface area contributed by atoms with Crippen LogP contribution in [0.4, 0.5) is 0 Å². The Balaban J connectivity index is 2.30. The van der Waals surface area contributed by atoms with Gasteiger partial charge in [0.1, 0.15) is 6.04 Å². The average Bonchev–Trinajstić information content (AvgIpc) is 2.63. The highest BCUT2D eigenvalue weighted by atomic mass is 35.5. The Labute approximate surface area is 197 Å². The second-order valence-corrected chi connectivity index (χ2v) is 9.74. The van der Waals surface area contributed by atoms with Crippen LogP contribution in [0, 0.1) is 0 Å². The van der Waals surface area contributed by atoms with E-state index >= 15 is 0 Å². The first kappa shape index (κ1) is 24.8. The highest BCUT2D eigenvalue weighted by Gasteiger charge is 2.28. The minimum atomic E-state index is -0.700. The van der Waals surface area contributed by atoms with Crippen molar-refractivity contribution >= 4 is 58.2 Å². The summed E-state index contributed by atoms with van der Waals surface area (Å²) in [5.74, 6) is -0.471. The van der Waals surface area contributed by atoms with Crippen LogP contribution >= 0.6 is 46.4 Å². The van der Waals surface area contributed by atoms with Crippen molar-refractivity contribution < 1.29 is 9.59 Å². The summed E-state index contributed by atoms with van der Waals surface area (Å²) in [6, 6.07) is 9.47. The quantitative estimate of drug-likeness (QED) is 0.527. The van der Waals surface area contributed by atoms with E-state index in [1.165, 1.54) is 4.90 Å². The number of amides is 2. The topological polar surface area (TPSA) is 49.4 Å². The number of benzene rings is 2. The zero-order chi connectivity index (χ0) is 22.6. The molecule has 0 aromatic heterocycles. The molecule has 0 fully saturated rings. The number of nitrogens with zero attached hydrogens (tertiary/aromatic N) is 1. The molecule has 0 aliphatic rings. The molecule has 2 rings (SSSR count). The predicted molar refractivity (Wildman–Crippen MR) is 125 cm³/mol. The number of hydrogen-bond donors (Lipinski definition) is 1. The summed E-state index contributed by atoms with van der Waals surface area (Å²) >= 11 is 24.2. The van der Waals surface area contributed by atoms with E-state index < -0.39 is 11.6 Å². The van der Waals surface area contributed by atoms with Crippen LogP contribution in [-0.2, 0) is 22.6 Å². The molecule has 4 nitrogen and oxygen atoms in total. The number of nitrogens with one attached hydrogen (secondary N) is 1. The van der Waals surface area contributed by atoms with Crippen molar-refractivity contribution in [2.45, 2.75) is 52.2 Å². The van der Waals surface area contributed by atoms with Crippen molar-refractivity contribution in [3.8, 4) is 0 Å². The largest absolute Gasteiger partial charge is 0.350 e. The van der Waals surface area contributed by atoms with E-state index in [1.54, 1.807) is 43.3 Å². The van der Waals surface area contributed by atoms with Crippen molar-refractivity contribution in [1.29, 1.82) is 0 Å². The van der Waals surface area contributed by atoms with Crippen LogP contribution in [0.5, 0.6) is 0 Å². The first-order chi connectivity index (χ1) is 13.9. The molecule has 0 bridgehead atoms. The number of carbonyl (C=O) groups excluding carboxylic acids is 2. The third kappa shape index (κ3) is 7.05. The maximum absolute atomic E-state index is 13.2. The Morgan fingerprint density at radius 1 is 0.900 bits per heavy atom. The summed E-state index contributed by atoms with van der Waals surface area (Å²) in [5, 5.41) is 4.52. The number of carbonyl (C=O) groups is 2. The lowest BCUT2D eigenvalue weighted by atomic mass is 10.1. The van der Waals surface area contributed by atoms with E-state index in [-0.39, 0.29) is 24.8 Å². The molecule has 0 heterocycles. The summed E-state index contributed by atoms with van der Waals surface area (Å²) in [6.45, 7) is 7.57. The molecule has 0 saturated heterocycles. The summed E-state index contributed by atoms with van der Waals surface area (Å²) < 4.78 is 0. The van der Waals surface area contributed by atoms with Crippen LogP contribution in [0.15, 0.2) is 36.4 Å². The lowest BCUT2D eigenvalue weighted by Crippen LogP contribution is -2.52. The van der Waals surface area contributed by atoms with Crippen molar-refractivity contribution in [3.05, 3.63) is 67.6 Å². The average molecular weight is 490 g/mol. The van der Waals surface area contributed by atoms with E-state index in [0.717, 1.165) is 5.56 Å². The van der Waals surface area contributed by atoms with Crippen LogP contribution in [0.3, 0.4) is 0 Å². The minimum Gasteiger partial charge on any atom is -0.350 e. The Kier molecular flexibility index (Phi) is 8.46. The summed E-state index contributed by atoms with van der Waals surface area (Å²) in [7, 11) is 0. The molecule has 2 aromatic rings. The van der Waals surface area contributed by atoms with Gasteiger partial charge in [-0.1, -0.05) is 58.5 Å². The van der Waals surface area contributed by atoms with Gasteiger partial charge in [-0.2, -0.15) is 0 Å². The van der Waals surface area contributed by atoms with Gasteiger partial charge in [0.2, 0.25) is 11.8 Å². The molecular weight excluding hydrogens is 466 g/mol. The first-order valence-electron chi connectivity index (χ1n) is 9.36. The van der Waals surface area contributed by atoms with Gasteiger partial charge < -0.3 is 10.2 Å². The van der Waals surface area contributed by atoms with Gasteiger partial charge >= 0.3 is 0 Å². The van der Waals surface area contributed by atoms with Crippen molar-refractivity contribution in [2.75, 3.05) is 0 Å². The van der Waals surface area contributed by atoms with Crippen LogP contribution in [-0.4, -0.2) is 28.3 Å². The molecule has 2 aromatic carbocycles. The maximum atomic E-state index is 13.2. The first-order valence-corrected chi connectivity index (χ1v) is 10.9.